The van der Waals surface area contributed by atoms with E-state index in [0.29, 0.717) is 40.1 Å². The highest BCUT2D eigenvalue weighted by atomic mass is 35.5. The molecule has 1 atom stereocenters. The van der Waals surface area contributed by atoms with Crippen LogP contribution in [0.4, 0.5) is 0 Å². The number of benzene rings is 2. The number of H-pyrrole nitrogens is 1. The topological polar surface area (TPSA) is 78.5 Å². The number of para-hydroxylation sites is 1. The van der Waals surface area contributed by atoms with Crippen molar-refractivity contribution in [2.24, 2.45) is 5.92 Å². The van der Waals surface area contributed by atoms with E-state index in [-0.39, 0.29) is 12.2 Å². The minimum Gasteiger partial charge on any atom is -0.491 e. The first-order valence-corrected chi connectivity index (χ1v) is 12.5. The van der Waals surface area contributed by atoms with Gasteiger partial charge in [0.1, 0.15) is 29.1 Å². The molecule has 0 saturated carbocycles. The first-order valence-electron chi connectivity index (χ1n) is 11.2. The Morgan fingerprint density at radius 1 is 1.15 bits per heavy atom. The molecule has 34 heavy (non-hydrogen) atoms. The summed E-state index contributed by atoms with van der Waals surface area (Å²) in [4.78, 5) is 23.5. The Bertz CT molecular complexity index is 1290. The van der Waals surface area contributed by atoms with Crippen LogP contribution in [0.25, 0.3) is 21.3 Å². The largest absolute Gasteiger partial charge is 0.491 e. The zero-order chi connectivity index (χ0) is 24.1. The number of fused-ring (bicyclic) bond motifs is 1. The van der Waals surface area contributed by atoms with Crippen molar-refractivity contribution in [1.82, 2.24) is 14.9 Å². The number of aromatic nitrogens is 2. The molecule has 0 amide bonds. The van der Waals surface area contributed by atoms with Gasteiger partial charge in [-0.15, -0.1) is 11.3 Å². The Balaban J connectivity index is 1.50. The van der Waals surface area contributed by atoms with Crippen LogP contribution >= 0.6 is 22.9 Å². The standard InChI is InChI=1S/C26H28ClN3O3S/c1-17(2)12-30(13-20(31)15-33-21-9-4-3-5-10-21)14-23-28-25(32)24-22(16-34-26(24)29-23)18-7-6-8-19(27)11-18/h3-11,16-17,20,31H,12-15H2,1-2H3,(H,28,29,32)/t20-/m1/s1. The number of thiophene rings is 1. The van der Waals surface area contributed by atoms with E-state index in [0.717, 1.165) is 23.4 Å². The average Bonchev–Trinajstić information content (AvgIpc) is 3.22. The van der Waals surface area contributed by atoms with Crippen LogP contribution in [0.15, 0.2) is 64.8 Å². The van der Waals surface area contributed by atoms with E-state index >= 15 is 0 Å². The fourth-order valence-corrected chi connectivity index (χ4v) is 5.09. The predicted octanol–water partition coefficient (Wildman–Crippen LogP) is 5.20. The number of aromatic amines is 1. The highest BCUT2D eigenvalue weighted by Gasteiger charge is 2.18. The SMILES string of the molecule is CC(C)CN(Cc1nc2scc(-c3cccc(Cl)c3)c2c(=O)[nH]1)C[C@@H](O)COc1ccccc1. The molecule has 0 bridgehead atoms. The summed E-state index contributed by atoms with van der Waals surface area (Å²) in [6, 6.07) is 16.9. The molecule has 0 fully saturated rings. The zero-order valence-electron chi connectivity index (χ0n) is 19.2. The molecule has 6 nitrogen and oxygen atoms in total. The van der Waals surface area contributed by atoms with Crippen molar-refractivity contribution < 1.29 is 9.84 Å². The Kier molecular flexibility index (Phi) is 8.00. The van der Waals surface area contributed by atoms with Gasteiger partial charge in [-0.2, -0.15) is 0 Å². The Hall–Kier alpha value is -2.71. The summed E-state index contributed by atoms with van der Waals surface area (Å²) in [6.45, 7) is 6.02. The lowest BCUT2D eigenvalue weighted by molar-refractivity contribution is 0.0606. The molecule has 2 aromatic heterocycles. The second-order valence-corrected chi connectivity index (χ2v) is 10.0. The third-order valence-electron chi connectivity index (χ3n) is 5.28. The van der Waals surface area contributed by atoms with E-state index in [4.69, 9.17) is 21.3 Å². The molecule has 8 heteroatoms. The number of hydrogen-bond donors (Lipinski definition) is 2. The van der Waals surface area contributed by atoms with Crippen molar-refractivity contribution in [2.75, 3.05) is 19.7 Å². The van der Waals surface area contributed by atoms with Crippen LogP contribution in [0.2, 0.25) is 5.02 Å². The van der Waals surface area contributed by atoms with Gasteiger partial charge in [-0.25, -0.2) is 4.98 Å². The van der Waals surface area contributed by atoms with Crippen LogP contribution < -0.4 is 10.3 Å². The summed E-state index contributed by atoms with van der Waals surface area (Å²) in [7, 11) is 0. The fourth-order valence-electron chi connectivity index (χ4n) is 3.93. The number of aliphatic hydroxyl groups excluding tert-OH is 1. The number of nitrogens with one attached hydrogen (secondary N) is 1. The number of hydrogen-bond acceptors (Lipinski definition) is 6. The Morgan fingerprint density at radius 2 is 1.94 bits per heavy atom. The summed E-state index contributed by atoms with van der Waals surface area (Å²) < 4.78 is 5.70. The van der Waals surface area contributed by atoms with E-state index in [1.54, 1.807) is 0 Å². The second kappa shape index (κ2) is 11.1. The molecule has 0 saturated heterocycles. The van der Waals surface area contributed by atoms with Gasteiger partial charge < -0.3 is 14.8 Å². The molecule has 0 aliphatic heterocycles. The van der Waals surface area contributed by atoms with E-state index in [1.807, 2.05) is 60.0 Å². The Labute approximate surface area is 207 Å². The monoisotopic (exact) mass is 497 g/mol. The molecule has 2 heterocycles. The van der Waals surface area contributed by atoms with E-state index in [2.05, 4.69) is 23.7 Å². The molecule has 0 spiro atoms. The van der Waals surface area contributed by atoms with E-state index in [9.17, 15) is 9.90 Å². The van der Waals surface area contributed by atoms with Crippen LogP contribution in [0, 0.1) is 5.92 Å². The molecule has 2 aromatic carbocycles. The van der Waals surface area contributed by atoms with Crippen molar-refractivity contribution in [2.45, 2.75) is 26.5 Å². The lowest BCUT2D eigenvalue weighted by Crippen LogP contribution is -2.38. The number of ether oxygens (including phenoxy) is 1. The van der Waals surface area contributed by atoms with Gasteiger partial charge in [0.15, 0.2) is 0 Å². The molecule has 0 aliphatic carbocycles. The van der Waals surface area contributed by atoms with Crippen molar-refractivity contribution >= 4 is 33.2 Å². The molecular weight excluding hydrogens is 470 g/mol. The molecule has 178 valence electrons. The van der Waals surface area contributed by atoms with Gasteiger partial charge in [0.2, 0.25) is 0 Å². The van der Waals surface area contributed by atoms with Crippen LogP contribution in [0.1, 0.15) is 19.7 Å². The predicted molar refractivity (Wildman–Crippen MR) is 139 cm³/mol. The van der Waals surface area contributed by atoms with Crippen molar-refractivity contribution in [1.29, 1.82) is 0 Å². The first-order chi connectivity index (χ1) is 16.4. The van der Waals surface area contributed by atoms with Gasteiger partial charge in [-0.3, -0.25) is 9.69 Å². The molecule has 4 rings (SSSR count). The van der Waals surface area contributed by atoms with Gasteiger partial charge in [-0.05, 0) is 35.7 Å². The van der Waals surface area contributed by atoms with E-state index < -0.39 is 6.10 Å². The van der Waals surface area contributed by atoms with E-state index in [1.165, 1.54) is 11.3 Å². The molecule has 0 radical (unpaired) electrons. The average molecular weight is 498 g/mol. The van der Waals surface area contributed by atoms with Gasteiger partial charge in [0, 0.05) is 29.1 Å². The highest BCUT2D eigenvalue weighted by molar-refractivity contribution is 7.17. The Morgan fingerprint density at radius 3 is 2.68 bits per heavy atom. The lowest BCUT2D eigenvalue weighted by Gasteiger charge is -2.26. The van der Waals surface area contributed by atoms with Crippen molar-refractivity contribution in [3.8, 4) is 16.9 Å². The number of halogens is 1. The minimum atomic E-state index is -0.675. The maximum absolute atomic E-state index is 13.0. The van der Waals surface area contributed by atoms with Crippen LogP contribution in [-0.2, 0) is 6.54 Å². The van der Waals surface area contributed by atoms with Crippen LogP contribution in [0.3, 0.4) is 0 Å². The second-order valence-electron chi connectivity index (χ2n) is 8.72. The number of rotatable bonds is 10. The molecule has 0 aliphatic rings. The lowest BCUT2D eigenvalue weighted by atomic mass is 10.1. The van der Waals surface area contributed by atoms with Crippen molar-refractivity contribution in [3.05, 3.63) is 81.2 Å². The number of aliphatic hydroxyl groups is 1. The molecule has 4 aromatic rings. The third kappa shape index (κ3) is 6.24. The van der Waals surface area contributed by atoms with Crippen molar-refractivity contribution in [3.63, 3.8) is 0 Å². The first kappa shape index (κ1) is 24.4. The summed E-state index contributed by atoms with van der Waals surface area (Å²) in [6.07, 6.45) is -0.675. The maximum Gasteiger partial charge on any atom is 0.260 e. The number of nitrogens with zero attached hydrogens (tertiary/aromatic N) is 2. The molecular formula is C26H28ClN3O3S. The maximum atomic E-state index is 13.0. The third-order valence-corrected chi connectivity index (χ3v) is 6.39. The minimum absolute atomic E-state index is 0.173. The van der Waals surface area contributed by atoms with Gasteiger partial charge in [0.05, 0.1) is 11.9 Å². The quantitative estimate of drug-likeness (QED) is 0.315. The fraction of sp³-hybridized carbons (Fsp3) is 0.308. The van der Waals surface area contributed by atoms with Crippen LogP contribution in [0.5, 0.6) is 5.75 Å². The van der Waals surface area contributed by atoms with Gasteiger partial charge in [0.25, 0.3) is 5.56 Å². The zero-order valence-corrected chi connectivity index (χ0v) is 20.8. The highest BCUT2D eigenvalue weighted by Crippen LogP contribution is 2.32. The molecule has 0 unspecified atom stereocenters. The normalized spacial score (nSPS) is 12.5. The summed E-state index contributed by atoms with van der Waals surface area (Å²) >= 11 is 7.58. The summed E-state index contributed by atoms with van der Waals surface area (Å²) in [5.74, 6) is 1.68. The summed E-state index contributed by atoms with van der Waals surface area (Å²) in [5, 5.41) is 13.7. The smallest absolute Gasteiger partial charge is 0.260 e. The summed E-state index contributed by atoms with van der Waals surface area (Å²) in [5.41, 5.74) is 1.55. The van der Waals surface area contributed by atoms with Gasteiger partial charge in [-0.1, -0.05) is 55.8 Å². The van der Waals surface area contributed by atoms with Crippen LogP contribution in [-0.4, -0.2) is 45.8 Å². The molecule has 2 N–H and O–H groups in total. The van der Waals surface area contributed by atoms with Gasteiger partial charge >= 0.3 is 0 Å².